The molecule has 1 fully saturated rings. The Labute approximate surface area is 255 Å². The molecule has 1 saturated heterocycles. The van der Waals surface area contributed by atoms with Gasteiger partial charge in [-0.15, -0.1) is 0 Å². The quantitative estimate of drug-likeness (QED) is 0.143. The third-order valence-corrected chi connectivity index (χ3v) is 6.92. The van der Waals surface area contributed by atoms with Crippen LogP contribution in [0.15, 0.2) is 109 Å². The summed E-state index contributed by atoms with van der Waals surface area (Å²) >= 11 is 5.67. The summed E-state index contributed by atoms with van der Waals surface area (Å²) in [6, 6.07) is 30.3. The average Bonchev–Trinajstić information content (AvgIpc) is 3.01. The first kappa shape index (κ1) is 29.2. The predicted molar refractivity (Wildman–Crippen MR) is 171 cm³/mol. The van der Waals surface area contributed by atoms with Crippen LogP contribution in [0.3, 0.4) is 0 Å². The first-order chi connectivity index (χ1) is 20.9. The summed E-state index contributed by atoms with van der Waals surface area (Å²) in [5.41, 5.74) is 3.30. The molecule has 5 rings (SSSR count). The van der Waals surface area contributed by atoms with Crippen LogP contribution >= 0.6 is 12.2 Å². The van der Waals surface area contributed by atoms with Crippen LogP contribution < -0.4 is 24.6 Å². The second-order valence-corrected chi connectivity index (χ2v) is 10.0. The van der Waals surface area contributed by atoms with Crippen molar-refractivity contribution in [1.29, 1.82) is 0 Å². The Morgan fingerprint density at radius 1 is 0.791 bits per heavy atom. The molecular weight excluding hydrogens is 562 g/mol. The molecule has 4 aromatic carbocycles. The van der Waals surface area contributed by atoms with Crippen LogP contribution in [0.2, 0.25) is 0 Å². The summed E-state index contributed by atoms with van der Waals surface area (Å²) in [6.07, 6.45) is 1.51. The van der Waals surface area contributed by atoms with E-state index in [1.165, 1.54) is 15.9 Å². The Morgan fingerprint density at radius 2 is 1.37 bits per heavy atom. The average molecular weight is 592 g/mol. The van der Waals surface area contributed by atoms with Crippen LogP contribution in [0, 0.1) is 6.92 Å². The number of anilines is 3. The largest absolute Gasteiger partial charge is 0.490 e. The molecule has 0 bridgehead atoms. The lowest BCUT2D eigenvalue weighted by molar-refractivity contribution is -0.121. The fourth-order valence-electron chi connectivity index (χ4n) is 4.49. The maximum atomic E-state index is 13.8. The fourth-order valence-corrected chi connectivity index (χ4v) is 4.86. The number of carbonyl (C=O) groups excluding carboxylic acids is 3. The van der Waals surface area contributed by atoms with Crippen LogP contribution in [0.5, 0.6) is 11.5 Å². The van der Waals surface area contributed by atoms with Crippen LogP contribution in [-0.2, 0) is 14.4 Å². The van der Waals surface area contributed by atoms with E-state index in [1.807, 2.05) is 50.2 Å². The van der Waals surface area contributed by atoms with Crippen molar-refractivity contribution in [2.45, 2.75) is 13.8 Å². The number of ether oxygens (including phenoxy) is 2. The second kappa shape index (κ2) is 13.1. The molecule has 9 heteroatoms. The molecule has 1 aliphatic heterocycles. The monoisotopic (exact) mass is 591 g/mol. The zero-order valence-electron chi connectivity index (χ0n) is 23.7. The molecule has 0 aliphatic carbocycles. The van der Waals surface area contributed by atoms with Crippen molar-refractivity contribution in [3.63, 3.8) is 0 Å². The number of rotatable bonds is 9. The Balaban J connectivity index is 1.43. The SMILES string of the molecule is CCOc1cc(C=C2C(=O)N(c3ccccc3)C(=S)N(c3ccccc3)C2=O)ccc1OCC(=O)Nc1ccc(C)cc1. The van der Waals surface area contributed by atoms with Gasteiger partial charge in [-0.25, -0.2) is 0 Å². The number of para-hydroxylation sites is 2. The minimum absolute atomic E-state index is 0.0622. The van der Waals surface area contributed by atoms with Crippen molar-refractivity contribution in [2.75, 3.05) is 28.3 Å². The number of hydrogen-bond donors (Lipinski definition) is 1. The van der Waals surface area contributed by atoms with Crippen molar-refractivity contribution in [1.82, 2.24) is 0 Å². The maximum absolute atomic E-state index is 13.8. The van der Waals surface area contributed by atoms with Gasteiger partial charge in [0.15, 0.2) is 23.2 Å². The molecular formula is C34H29N3O5S. The number of nitrogens with zero attached hydrogens (tertiary/aromatic N) is 2. The van der Waals surface area contributed by atoms with E-state index in [9.17, 15) is 14.4 Å². The Bertz CT molecular complexity index is 1630. The number of nitrogens with one attached hydrogen (secondary N) is 1. The van der Waals surface area contributed by atoms with Gasteiger partial charge in [0.2, 0.25) is 0 Å². The third kappa shape index (κ3) is 6.63. The normalized spacial score (nSPS) is 13.2. The summed E-state index contributed by atoms with van der Waals surface area (Å²) in [6.45, 7) is 3.89. The van der Waals surface area contributed by atoms with Crippen molar-refractivity contribution in [2.24, 2.45) is 0 Å². The highest BCUT2D eigenvalue weighted by molar-refractivity contribution is 7.81. The highest BCUT2D eigenvalue weighted by atomic mass is 32.1. The summed E-state index contributed by atoms with van der Waals surface area (Å²) in [7, 11) is 0. The molecule has 1 heterocycles. The minimum Gasteiger partial charge on any atom is -0.490 e. The molecule has 8 nitrogen and oxygen atoms in total. The molecule has 4 aromatic rings. The van der Waals surface area contributed by atoms with Gasteiger partial charge >= 0.3 is 0 Å². The van der Waals surface area contributed by atoms with Crippen LogP contribution in [0.1, 0.15) is 18.1 Å². The zero-order valence-corrected chi connectivity index (χ0v) is 24.5. The van der Waals surface area contributed by atoms with E-state index in [2.05, 4.69) is 5.32 Å². The zero-order chi connectivity index (χ0) is 30.3. The van der Waals surface area contributed by atoms with Crippen LogP contribution in [-0.4, -0.2) is 36.0 Å². The summed E-state index contributed by atoms with van der Waals surface area (Å²) in [4.78, 5) is 42.7. The van der Waals surface area contributed by atoms with Gasteiger partial charge in [-0.05, 0) is 86.2 Å². The van der Waals surface area contributed by atoms with Gasteiger partial charge in [0.25, 0.3) is 17.7 Å². The number of thiocarbonyl (C=S) groups is 1. The topological polar surface area (TPSA) is 88.2 Å². The van der Waals surface area contributed by atoms with E-state index >= 15 is 0 Å². The molecule has 0 aromatic heterocycles. The van der Waals surface area contributed by atoms with Crippen molar-refractivity contribution >= 4 is 58.2 Å². The van der Waals surface area contributed by atoms with Crippen LogP contribution in [0.4, 0.5) is 17.1 Å². The molecule has 0 atom stereocenters. The highest BCUT2D eigenvalue weighted by Gasteiger charge is 2.41. The van der Waals surface area contributed by atoms with Gasteiger partial charge in [-0.2, -0.15) is 0 Å². The molecule has 0 unspecified atom stereocenters. The number of benzene rings is 4. The summed E-state index contributed by atoms with van der Waals surface area (Å²) in [5.74, 6) is -0.693. The molecule has 1 N–H and O–H groups in total. The summed E-state index contributed by atoms with van der Waals surface area (Å²) in [5, 5.41) is 2.86. The lowest BCUT2D eigenvalue weighted by Crippen LogP contribution is -2.56. The molecule has 216 valence electrons. The highest BCUT2D eigenvalue weighted by Crippen LogP contribution is 2.32. The van der Waals surface area contributed by atoms with E-state index in [4.69, 9.17) is 21.7 Å². The Hall–Kier alpha value is -5.28. The predicted octanol–water partition coefficient (Wildman–Crippen LogP) is 6.16. The first-order valence-electron chi connectivity index (χ1n) is 13.7. The number of amides is 3. The van der Waals surface area contributed by atoms with Gasteiger partial charge in [0, 0.05) is 5.69 Å². The summed E-state index contributed by atoms with van der Waals surface area (Å²) < 4.78 is 11.6. The molecule has 0 radical (unpaired) electrons. The van der Waals surface area contributed by atoms with Crippen LogP contribution in [0.25, 0.3) is 6.08 Å². The maximum Gasteiger partial charge on any atom is 0.270 e. The van der Waals surface area contributed by atoms with E-state index < -0.39 is 11.8 Å². The lowest BCUT2D eigenvalue weighted by Gasteiger charge is -2.36. The van der Waals surface area contributed by atoms with E-state index in [0.717, 1.165) is 5.56 Å². The Kier molecular flexibility index (Phi) is 8.93. The van der Waals surface area contributed by atoms with E-state index in [1.54, 1.807) is 66.7 Å². The number of aryl methyl sites for hydroxylation is 1. The number of carbonyl (C=O) groups is 3. The first-order valence-corrected chi connectivity index (χ1v) is 14.1. The smallest absolute Gasteiger partial charge is 0.270 e. The molecule has 0 saturated carbocycles. The standard InChI is InChI=1S/C34H29N3O5S/c1-3-41-30-21-24(16-19-29(30)42-22-31(38)35-25-17-14-23(2)15-18-25)20-28-32(39)36(26-10-6-4-7-11-26)34(43)37(33(28)40)27-12-8-5-9-13-27/h4-21H,3,22H2,1-2H3,(H,35,38). The lowest BCUT2D eigenvalue weighted by atomic mass is 10.0. The van der Waals surface area contributed by atoms with Crippen molar-refractivity contribution in [3.8, 4) is 11.5 Å². The van der Waals surface area contributed by atoms with Crippen molar-refractivity contribution < 1.29 is 23.9 Å². The molecule has 1 aliphatic rings. The molecule has 43 heavy (non-hydrogen) atoms. The van der Waals surface area contributed by atoms with Gasteiger partial charge in [0.1, 0.15) is 5.57 Å². The van der Waals surface area contributed by atoms with Gasteiger partial charge in [0.05, 0.1) is 18.0 Å². The van der Waals surface area contributed by atoms with Gasteiger partial charge in [-0.1, -0.05) is 60.2 Å². The number of hydrogen-bond acceptors (Lipinski definition) is 6. The molecule has 0 spiro atoms. The third-order valence-electron chi connectivity index (χ3n) is 6.55. The van der Waals surface area contributed by atoms with E-state index in [0.29, 0.717) is 40.7 Å². The second-order valence-electron chi connectivity index (χ2n) is 9.63. The van der Waals surface area contributed by atoms with E-state index in [-0.39, 0.29) is 23.2 Å². The molecule has 3 amide bonds. The van der Waals surface area contributed by atoms with Crippen molar-refractivity contribution in [3.05, 3.63) is 120 Å². The minimum atomic E-state index is -0.542. The van der Waals surface area contributed by atoms with Gasteiger partial charge < -0.3 is 14.8 Å². The van der Waals surface area contributed by atoms with Gasteiger partial charge in [-0.3, -0.25) is 24.2 Å². The fraction of sp³-hybridized carbons (Fsp3) is 0.118. The Morgan fingerprint density at radius 3 is 1.93 bits per heavy atom.